The van der Waals surface area contributed by atoms with Gasteiger partial charge in [0.25, 0.3) is 0 Å². The van der Waals surface area contributed by atoms with E-state index in [0.29, 0.717) is 24.0 Å². The minimum absolute atomic E-state index is 0.609. The lowest BCUT2D eigenvalue weighted by atomic mass is 10.5. The van der Waals surface area contributed by atoms with Crippen molar-refractivity contribution in [2.75, 3.05) is 23.4 Å². The number of hydrogen-bond donors (Lipinski definition) is 1. The first kappa shape index (κ1) is 11.1. The third-order valence-electron chi connectivity index (χ3n) is 1.73. The molecule has 0 bridgehead atoms. The van der Waals surface area contributed by atoms with Gasteiger partial charge in [0, 0.05) is 40.7 Å². The monoisotopic (exact) mass is 213 g/mol. The molecule has 0 aromatic carbocycles. The van der Waals surface area contributed by atoms with Crippen LogP contribution >= 0.6 is 0 Å². The van der Waals surface area contributed by atoms with Crippen LogP contribution in [-0.4, -0.2) is 32.2 Å². The molecule has 1 unspecified atom stereocenters. The molecule has 0 aliphatic carbocycles. The van der Waals surface area contributed by atoms with Crippen LogP contribution in [0.1, 0.15) is 12.6 Å². The van der Waals surface area contributed by atoms with Gasteiger partial charge in [-0.05, 0) is 13.0 Å². The molecule has 0 amide bonds. The minimum Gasteiger partial charge on any atom is -0.353 e. The van der Waals surface area contributed by atoms with Crippen LogP contribution in [0.3, 0.4) is 0 Å². The maximum atomic E-state index is 11.1. The summed E-state index contributed by atoms with van der Waals surface area (Å²) >= 11 is 0. The van der Waals surface area contributed by atoms with Gasteiger partial charge in [-0.3, -0.25) is 4.21 Å². The second kappa shape index (κ2) is 5.70. The number of nitrogens with zero attached hydrogens (tertiary/aromatic N) is 2. The standard InChI is InChI=1S/C9H15N3OS/c1-3-14(13)7-6-11-9-10-5-4-8(2)12-9/h4-5H,3,6-7H2,1-2H3,(H,10,11,12). The number of anilines is 1. The molecule has 0 fully saturated rings. The Hall–Kier alpha value is -0.970. The van der Waals surface area contributed by atoms with Gasteiger partial charge in [-0.25, -0.2) is 9.97 Å². The molecule has 1 rings (SSSR count). The van der Waals surface area contributed by atoms with Crippen LogP contribution in [0.5, 0.6) is 0 Å². The maximum Gasteiger partial charge on any atom is 0.222 e. The highest BCUT2D eigenvalue weighted by molar-refractivity contribution is 7.84. The van der Waals surface area contributed by atoms with Crippen LogP contribution in [0.4, 0.5) is 5.95 Å². The quantitative estimate of drug-likeness (QED) is 0.791. The number of hydrogen-bond acceptors (Lipinski definition) is 4. The second-order valence-electron chi connectivity index (χ2n) is 2.88. The van der Waals surface area contributed by atoms with Crippen molar-refractivity contribution in [2.45, 2.75) is 13.8 Å². The molecule has 78 valence electrons. The number of aryl methyl sites for hydroxylation is 1. The van der Waals surface area contributed by atoms with E-state index in [1.807, 2.05) is 19.9 Å². The van der Waals surface area contributed by atoms with Crippen molar-refractivity contribution in [1.29, 1.82) is 0 Å². The SMILES string of the molecule is CCS(=O)CCNc1nccc(C)n1. The van der Waals surface area contributed by atoms with Gasteiger partial charge < -0.3 is 5.32 Å². The molecular formula is C9H15N3OS. The summed E-state index contributed by atoms with van der Waals surface area (Å²) in [6.07, 6.45) is 1.71. The van der Waals surface area contributed by atoms with E-state index in [2.05, 4.69) is 15.3 Å². The Bertz CT molecular complexity index is 317. The van der Waals surface area contributed by atoms with Crippen molar-refractivity contribution >= 4 is 16.7 Å². The van der Waals surface area contributed by atoms with Crippen molar-refractivity contribution in [3.05, 3.63) is 18.0 Å². The van der Waals surface area contributed by atoms with Crippen LogP contribution in [0.25, 0.3) is 0 Å². The van der Waals surface area contributed by atoms with Gasteiger partial charge in [-0.15, -0.1) is 0 Å². The number of rotatable bonds is 5. The predicted octanol–water partition coefficient (Wildman–Crippen LogP) is 0.966. The van der Waals surface area contributed by atoms with Crippen molar-refractivity contribution in [1.82, 2.24) is 9.97 Å². The summed E-state index contributed by atoms with van der Waals surface area (Å²) < 4.78 is 11.1. The largest absolute Gasteiger partial charge is 0.353 e. The molecular weight excluding hydrogens is 198 g/mol. The zero-order valence-corrected chi connectivity index (χ0v) is 9.30. The average molecular weight is 213 g/mol. The van der Waals surface area contributed by atoms with E-state index in [1.54, 1.807) is 6.20 Å². The van der Waals surface area contributed by atoms with Crippen molar-refractivity contribution in [2.24, 2.45) is 0 Å². The normalized spacial score (nSPS) is 12.4. The van der Waals surface area contributed by atoms with Gasteiger partial charge in [0.1, 0.15) is 0 Å². The van der Waals surface area contributed by atoms with Gasteiger partial charge in [-0.1, -0.05) is 6.92 Å². The van der Waals surface area contributed by atoms with E-state index in [9.17, 15) is 4.21 Å². The molecule has 1 atom stereocenters. The van der Waals surface area contributed by atoms with E-state index in [1.165, 1.54) is 0 Å². The van der Waals surface area contributed by atoms with E-state index < -0.39 is 10.8 Å². The summed E-state index contributed by atoms with van der Waals surface area (Å²) in [7, 11) is -0.724. The Balaban J connectivity index is 2.35. The average Bonchev–Trinajstić information content (AvgIpc) is 2.17. The van der Waals surface area contributed by atoms with Gasteiger partial charge in [0.05, 0.1) is 0 Å². The molecule has 5 heteroatoms. The summed E-state index contributed by atoms with van der Waals surface area (Å²) in [5, 5.41) is 3.04. The topological polar surface area (TPSA) is 54.9 Å². The highest BCUT2D eigenvalue weighted by atomic mass is 32.2. The van der Waals surface area contributed by atoms with Gasteiger partial charge in [-0.2, -0.15) is 0 Å². The lowest BCUT2D eigenvalue weighted by molar-refractivity contribution is 0.684. The maximum absolute atomic E-state index is 11.1. The molecule has 0 radical (unpaired) electrons. The molecule has 0 saturated heterocycles. The zero-order valence-electron chi connectivity index (χ0n) is 8.49. The number of aromatic nitrogens is 2. The van der Waals surface area contributed by atoms with Gasteiger partial charge in [0.2, 0.25) is 5.95 Å². The predicted molar refractivity (Wildman–Crippen MR) is 58.8 cm³/mol. The summed E-state index contributed by atoms with van der Waals surface area (Å²) in [5.41, 5.74) is 0.930. The Morgan fingerprint density at radius 1 is 1.57 bits per heavy atom. The van der Waals surface area contributed by atoms with E-state index in [4.69, 9.17) is 0 Å². The molecule has 1 heterocycles. The molecule has 0 aliphatic heterocycles. The van der Waals surface area contributed by atoms with E-state index >= 15 is 0 Å². The molecule has 0 spiro atoms. The molecule has 14 heavy (non-hydrogen) atoms. The fourth-order valence-corrected chi connectivity index (χ4v) is 1.57. The third-order valence-corrected chi connectivity index (χ3v) is 3.03. The third kappa shape index (κ3) is 3.83. The van der Waals surface area contributed by atoms with Crippen molar-refractivity contribution in [3.63, 3.8) is 0 Å². The molecule has 1 N–H and O–H groups in total. The molecule has 1 aromatic heterocycles. The van der Waals surface area contributed by atoms with E-state index in [-0.39, 0.29) is 0 Å². The first-order chi connectivity index (χ1) is 6.72. The highest BCUT2D eigenvalue weighted by Gasteiger charge is 1.97. The summed E-state index contributed by atoms with van der Waals surface area (Å²) in [4.78, 5) is 8.22. The fraction of sp³-hybridized carbons (Fsp3) is 0.556. The van der Waals surface area contributed by atoms with Crippen molar-refractivity contribution in [3.8, 4) is 0 Å². The summed E-state index contributed by atoms with van der Waals surface area (Å²) in [6, 6.07) is 1.84. The summed E-state index contributed by atoms with van der Waals surface area (Å²) in [5.74, 6) is 1.96. The number of nitrogens with one attached hydrogen (secondary N) is 1. The Morgan fingerprint density at radius 3 is 3.00 bits per heavy atom. The molecule has 1 aromatic rings. The second-order valence-corrected chi connectivity index (χ2v) is 4.75. The van der Waals surface area contributed by atoms with Crippen LogP contribution in [0.2, 0.25) is 0 Å². The lowest BCUT2D eigenvalue weighted by Gasteiger charge is -2.03. The van der Waals surface area contributed by atoms with Crippen LogP contribution in [-0.2, 0) is 10.8 Å². The smallest absolute Gasteiger partial charge is 0.222 e. The van der Waals surface area contributed by atoms with Crippen molar-refractivity contribution < 1.29 is 4.21 Å². The van der Waals surface area contributed by atoms with E-state index in [0.717, 1.165) is 5.69 Å². The first-order valence-corrected chi connectivity index (χ1v) is 6.09. The highest BCUT2D eigenvalue weighted by Crippen LogP contribution is 1.97. The lowest BCUT2D eigenvalue weighted by Crippen LogP contribution is -2.13. The minimum atomic E-state index is -0.724. The Morgan fingerprint density at radius 2 is 2.36 bits per heavy atom. The van der Waals surface area contributed by atoms with Gasteiger partial charge in [0.15, 0.2) is 0 Å². The summed E-state index contributed by atoms with van der Waals surface area (Å²) in [6.45, 7) is 4.49. The zero-order chi connectivity index (χ0) is 10.4. The molecule has 4 nitrogen and oxygen atoms in total. The van der Waals surface area contributed by atoms with Crippen LogP contribution in [0.15, 0.2) is 12.3 Å². The first-order valence-electron chi connectivity index (χ1n) is 4.61. The van der Waals surface area contributed by atoms with Crippen LogP contribution in [0, 0.1) is 6.92 Å². The van der Waals surface area contributed by atoms with Crippen LogP contribution < -0.4 is 5.32 Å². The Kier molecular flexibility index (Phi) is 4.52. The van der Waals surface area contributed by atoms with Gasteiger partial charge >= 0.3 is 0 Å². The fourth-order valence-electron chi connectivity index (χ4n) is 0.955. The molecule has 0 aliphatic rings. The Labute approximate surface area is 86.6 Å². The molecule has 0 saturated carbocycles.